The molecule has 0 fully saturated rings. The number of aromatic amines is 1. The summed E-state index contributed by atoms with van der Waals surface area (Å²) >= 11 is 0. The molecular formula is C19H19FN2O2. The maximum atomic E-state index is 13.7. The lowest BCUT2D eigenvalue weighted by Crippen LogP contribution is -2.31. The maximum absolute atomic E-state index is 13.7. The molecule has 2 aromatic carbocycles. The lowest BCUT2D eigenvalue weighted by Gasteiger charge is -2.16. The summed E-state index contributed by atoms with van der Waals surface area (Å²) in [7, 11) is 1.70. The Kier molecular flexibility index (Phi) is 4.51. The molecule has 124 valence electrons. The fourth-order valence-electron chi connectivity index (χ4n) is 2.55. The van der Waals surface area contributed by atoms with Gasteiger partial charge >= 0.3 is 0 Å². The lowest BCUT2D eigenvalue weighted by atomic mass is 10.2. The highest BCUT2D eigenvalue weighted by molar-refractivity contribution is 5.98. The molecule has 0 bridgehead atoms. The highest BCUT2D eigenvalue weighted by Crippen LogP contribution is 2.19. The van der Waals surface area contributed by atoms with Gasteiger partial charge in [0, 0.05) is 18.0 Å². The van der Waals surface area contributed by atoms with Crippen LogP contribution in [0.2, 0.25) is 0 Å². The second-order valence-electron chi connectivity index (χ2n) is 5.78. The van der Waals surface area contributed by atoms with Crippen molar-refractivity contribution in [1.29, 1.82) is 0 Å². The number of ether oxygens (including phenoxy) is 1. The molecule has 0 aliphatic heterocycles. The molecular weight excluding hydrogens is 307 g/mol. The number of nitrogens with zero attached hydrogens (tertiary/aromatic N) is 1. The zero-order chi connectivity index (χ0) is 17.1. The molecule has 1 aromatic heterocycles. The van der Waals surface area contributed by atoms with Crippen LogP contribution in [0.25, 0.3) is 10.9 Å². The summed E-state index contributed by atoms with van der Waals surface area (Å²) in [6, 6.07) is 14.0. The third-order valence-electron chi connectivity index (χ3n) is 3.87. The van der Waals surface area contributed by atoms with E-state index in [9.17, 15) is 9.18 Å². The minimum absolute atomic E-state index is 0.196. The third-order valence-corrected chi connectivity index (χ3v) is 3.87. The van der Waals surface area contributed by atoms with Crippen LogP contribution in [0.3, 0.4) is 0 Å². The number of rotatable bonds is 5. The molecule has 5 heteroatoms. The quantitative estimate of drug-likeness (QED) is 0.776. The Hall–Kier alpha value is -2.82. The number of likely N-dealkylation sites (N-methyl/N-ethyl adjacent to an activating group) is 1. The Morgan fingerprint density at radius 3 is 2.75 bits per heavy atom. The van der Waals surface area contributed by atoms with Gasteiger partial charge in [0.25, 0.3) is 5.91 Å². The van der Waals surface area contributed by atoms with Crippen molar-refractivity contribution < 1.29 is 13.9 Å². The van der Waals surface area contributed by atoms with Gasteiger partial charge in [-0.1, -0.05) is 18.2 Å². The van der Waals surface area contributed by atoms with Gasteiger partial charge in [0.15, 0.2) is 0 Å². The van der Waals surface area contributed by atoms with Crippen LogP contribution in [0.1, 0.15) is 16.1 Å². The van der Waals surface area contributed by atoms with Crippen LogP contribution in [0, 0.1) is 12.7 Å². The average Bonchev–Trinajstić information content (AvgIpc) is 3.00. The Morgan fingerprint density at radius 2 is 2.00 bits per heavy atom. The van der Waals surface area contributed by atoms with Crippen molar-refractivity contribution >= 4 is 16.8 Å². The van der Waals surface area contributed by atoms with Gasteiger partial charge in [-0.25, -0.2) is 4.39 Å². The number of amides is 1. The number of nitrogens with one attached hydrogen (secondary N) is 1. The normalized spacial score (nSPS) is 10.8. The predicted molar refractivity (Wildman–Crippen MR) is 91.9 cm³/mol. The van der Waals surface area contributed by atoms with Gasteiger partial charge in [-0.3, -0.25) is 4.79 Å². The zero-order valence-corrected chi connectivity index (χ0v) is 13.7. The van der Waals surface area contributed by atoms with Gasteiger partial charge in [0.05, 0.1) is 6.54 Å². The van der Waals surface area contributed by atoms with E-state index in [2.05, 4.69) is 4.98 Å². The topological polar surface area (TPSA) is 45.3 Å². The van der Waals surface area contributed by atoms with E-state index >= 15 is 0 Å². The molecule has 4 nitrogen and oxygen atoms in total. The van der Waals surface area contributed by atoms with E-state index in [0.717, 1.165) is 11.3 Å². The van der Waals surface area contributed by atoms with Crippen LogP contribution in [-0.4, -0.2) is 36.0 Å². The fourth-order valence-corrected chi connectivity index (χ4v) is 2.55. The highest BCUT2D eigenvalue weighted by atomic mass is 19.1. The van der Waals surface area contributed by atoms with E-state index < -0.39 is 0 Å². The molecule has 24 heavy (non-hydrogen) atoms. The number of aryl methyl sites for hydroxylation is 1. The lowest BCUT2D eigenvalue weighted by molar-refractivity contribution is 0.0769. The summed E-state index contributed by atoms with van der Waals surface area (Å²) in [5, 5.41) is 0.422. The van der Waals surface area contributed by atoms with E-state index in [1.807, 2.05) is 31.2 Å². The van der Waals surface area contributed by atoms with Crippen LogP contribution < -0.4 is 4.74 Å². The summed E-state index contributed by atoms with van der Waals surface area (Å²) in [6.45, 7) is 2.82. The number of carbonyl (C=O) groups is 1. The standard InChI is InChI=1S/C19H19FN2O2/c1-13-5-3-6-14(11-13)24-10-9-22(2)19(23)18-12-15-16(20)7-4-8-17(15)21-18/h3-8,11-12,21H,9-10H2,1-2H3. The number of fused-ring (bicyclic) bond motifs is 1. The monoisotopic (exact) mass is 326 g/mol. The Balaban J connectivity index is 1.62. The first kappa shape index (κ1) is 16.1. The molecule has 1 heterocycles. The second-order valence-corrected chi connectivity index (χ2v) is 5.78. The Morgan fingerprint density at radius 1 is 1.21 bits per heavy atom. The van der Waals surface area contributed by atoms with Crippen molar-refractivity contribution in [3.05, 3.63) is 65.6 Å². The maximum Gasteiger partial charge on any atom is 0.270 e. The minimum Gasteiger partial charge on any atom is -0.492 e. The predicted octanol–water partition coefficient (Wildman–Crippen LogP) is 3.77. The molecule has 1 N–H and O–H groups in total. The molecule has 0 unspecified atom stereocenters. The van der Waals surface area contributed by atoms with Crippen LogP contribution in [0.5, 0.6) is 5.75 Å². The van der Waals surface area contributed by atoms with Crippen molar-refractivity contribution in [2.75, 3.05) is 20.2 Å². The largest absolute Gasteiger partial charge is 0.492 e. The Labute approximate surface area is 139 Å². The first-order valence-electron chi connectivity index (χ1n) is 7.77. The fraction of sp³-hybridized carbons (Fsp3) is 0.211. The van der Waals surface area contributed by atoms with Gasteiger partial charge in [-0.05, 0) is 42.8 Å². The summed E-state index contributed by atoms with van der Waals surface area (Å²) in [5.41, 5.74) is 2.10. The average molecular weight is 326 g/mol. The molecule has 3 rings (SSSR count). The molecule has 0 aliphatic carbocycles. The van der Waals surface area contributed by atoms with Crippen molar-refractivity contribution in [3.8, 4) is 5.75 Å². The smallest absolute Gasteiger partial charge is 0.270 e. The summed E-state index contributed by atoms with van der Waals surface area (Å²) in [6.07, 6.45) is 0. The van der Waals surface area contributed by atoms with E-state index in [4.69, 9.17) is 4.74 Å². The van der Waals surface area contributed by atoms with Crippen molar-refractivity contribution in [2.24, 2.45) is 0 Å². The van der Waals surface area contributed by atoms with Crippen molar-refractivity contribution in [1.82, 2.24) is 9.88 Å². The van der Waals surface area contributed by atoms with E-state index in [1.54, 1.807) is 30.1 Å². The minimum atomic E-state index is -0.340. The number of benzene rings is 2. The summed E-state index contributed by atoms with van der Waals surface area (Å²) in [5.74, 6) is 0.246. The van der Waals surface area contributed by atoms with Gasteiger partial charge in [-0.2, -0.15) is 0 Å². The van der Waals surface area contributed by atoms with Crippen molar-refractivity contribution in [3.63, 3.8) is 0 Å². The van der Waals surface area contributed by atoms with Gasteiger partial charge in [0.1, 0.15) is 23.9 Å². The number of H-pyrrole nitrogens is 1. The molecule has 0 aliphatic rings. The van der Waals surface area contributed by atoms with Crippen LogP contribution >= 0.6 is 0 Å². The number of hydrogen-bond donors (Lipinski definition) is 1. The third kappa shape index (κ3) is 3.40. The summed E-state index contributed by atoms with van der Waals surface area (Å²) < 4.78 is 19.4. The van der Waals surface area contributed by atoms with Crippen LogP contribution in [0.4, 0.5) is 4.39 Å². The molecule has 3 aromatic rings. The molecule has 0 saturated carbocycles. The first-order chi connectivity index (χ1) is 11.5. The molecule has 0 spiro atoms. The number of hydrogen-bond acceptors (Lipinski definition) is 2. The van der Waals surface area contributed by atoms with Gasteiger partial charge in [-0.15, -0.1) is 0 Å². The summed E-state index contributed by atoms with van der Waals surface area (Å²) in [4.78, 5) is 17.0. The SMILES string of the molecule is Cc1cccc(OCCN(C)C(=O)c2cc3c(F)cccc3[nH]2)c1. The van der Waals surface area contributed by atoms with Crippen LogP contribution in [-0.2, 0) is 0 Å². The second kappa shape index (κ2) is 6.74. The number of carbonyl (C=O) groups excluding carboxylic acids is 1. The van der Waals surface area contributed by atoms with E-state index in [1.165, 1.54) is 6.07 Å². The number of aromatic nitrogens is 1. The first-order valence-corrected chi connectivity index (χ1v) is 7.77. The zero-order valence-electron chi connectivity index (χ0n) is 13.7. The number of halogens is 1. The van der Waals surface area contributed by atoms with Crippen LogP contribution in [0.15, 0.2) is 48.5 Å². The molecule has 0 atom stereocenters. The van der Waals surface area contributed by atoms with E-state index in [-0.39, 0.29) is 11.7 Å². The van der Waals surface area contributed by atoms with Gasteiger partial charge in [0.2, 0.25) is 0 Å². The Bertz CT molecular complexity index is 873. The highest BCUT2D eigenvalue weighted by Gasteiger charge is 2.15. The molecule has 0 radical (unpaired) electrons. The van der Waals surface area contributed by atoms with Crippen molar-refractivity contribution in [2.45, 2.75) is 6.92 Å². The van der Waals surface area contributed by atoms with Gasteiger partial charge < -0.3 is 14.6 Å². The molecule has 1 amide bonds. The van der Waals surface area contributed by atoms with E-state index in [0.29, 0.717) is 29.7 Å². The molecule has 0 saturated heterocycles.